The zero-order chi connectivity index (χ0) is 13.6. The van der Waals surface area contributed by atoms with Crippen LogP contribution in [0.15, 0.2) is 0 Å². The molecule has 0 amide bonds. The molecule has 6 nitrogen and oxygen atoms in total. The van der Waals surface area contributed by atoms with Gasteiger partial charge in [0.15, 0.2) is 5.65 Å². The molecule has 0 saturated carbocycles. The molecule has 2 aromatic heterocycles. The van der Waals surface area contributed by atoms with Crippen LogP contribution >= 0.6 is 0 Å². The van der Waals surface area contributed by atoms with Crippen LogP contribution in [-0.2, 0) is 11.8 Å². The van der Waals surface area contributed by atoms with Crippen molar-refractivity contribution in [1.29, 1.82) is 0 Å². The van der Waals surface area contributed by atoms with Gasteiger partial charge in [-0.1, -0.05) is 0 Å². The topological polar surface area (TPSA) is 70.9 Å². The predicted octanol–water partition coefficient (Wildman–Crippen LogP) is 1.65. The quantitative estimate of drug-likeness (QED) is 0.894. The second-order valence-corrected chi connectivity index (χ2v) is 5.41. The minimum Gasteiger partial charge on any atom is -0.381 e. The van der Waals surface area contributed by atoms with Crippen molar-refractivity contribution in [3.05, 3.63) is 5.69 Å². The largest absolute Gasteiger partial charge is 0.381 e. The smallest absolute Gasteiger partial charge is 0.202 e. The molecule has 0 aliphatic carbocycles. The Morgan fingerprint density at radius 3 is 2.74 bits per heavy atom. The van der Waals surface area contributed by atoms with E-state index in [0.29, 0.717) is 17.9 Å². The molecule has 104 valence electrons. The highest BCUT2D eigenvalue weighted by Gasteiger charge is 2.26. The highest BCUT2D eigenvalue weighted by molar-refractivity contribution is 5.77. The highest BCUT2D eigenvalue weighted by atomic mass is 16.5. The first-order valence-electron chi connectivity index (χ1n) is 6.84. The molecule has 3 heterocycles. The summed E-state index contributed by atoms with van der Waals surface area (Å²) in [6.45, 7) is 5.88. The minimum absolute atomic E-state index is 0.323. The molecule has 0 spiro atoms. The number of hydrogen-bond donors (Lipinski definition) is 1. The number of hydrogen-bond acceptors (Lipinski definition) is 4. The van der Waals surface area contributed by atoms with Gasteiger partial charge in [0.25, 0.3) is 0 Å². The first kappa shape index (κ1) is 12.5. The van der Waals surface area contributed by atoms with Crippen molar-refractivity contribution in [3.63, 3.8) is 0 Å². The normalized spacial score (nSPS) is 19.1. The second kappa shape index (κ2) is 4.52. The monoisotopic (exact) mass is 263 g/mol. The molecule has 1 aliphatic heterocycles. The molecule has 1 saturated heterocycles. The SMILES string of the molecule is Cc1nn(C)c2c1nc(N)n2C(C)C1CCOCC1. The van der Waals surface area contributed by atoms with Crippen molar-refractivity contribution in [1.82, 2.24) is 19.3 Å². The van der Waals surface area contributed by atoms with E-state index < -0.39 is 0 Å². The van der Waals surface area contributed by atoms with Crippen molar-refractivity contribution in [2.24, 2.45) is 13.0 Å². The van der Waals surface area contributed by atoms with Gasteiger partial charge in [0.1, 0.15) is 5.52 Å². The molecular weight excluding hydrogens is 242 g/mol. The number of ether oxygens (including phenoxy) is 1. The van der Waals surface area contributed by atoms with Crippen molar-refractivity contribution in [3.8, 4) is 0 Å². The van der Waals surface area contributed by atoms with Crippen LogP contribution in [0.5, 0.6) is 0 Å². The lowest BCUT2D eigenvalue weighted by molar-refractivity contribution is 0.0520. The lowest BCUT2D eigenvalue weighted by atomic mass is 9.93. The number of nitrogens with zero attached hydrogens (tertiary/aromatic N) is 4. The van der Waals surface area contributed by atoms with Crippen LogP contribution in [-0.4, -0.2) is 32.5 Å². The fourth-order valence-corrected chi connectivity index (χ4v) is 3.12. The number of imidazole rings is 1. The van der Waals surface area contributed by atoms with E-state index in [0.717, 1.165) is 42.9 Å². The Balaban J connectivity index is 2.05. The molecule has 1 atom stereocenters. The Labute approximate surface area is 112 Å². The van der Waals surface area contributed by atoms with E-state index in [1.807, 2.05) is 18.7 Å². The molecule has 2 N–H and O–H groups in total. The summed E-state index contributed by atoms with van der Waals surface area (Å²) in [5.74, 6) is 1.17. The van der Waals surface area contributed by atoms with E-state index in [-0.39, 0.29) is 0 Å². The van der Waals surface area contributed by atoms with E-state index in [1.54, 1.807) is 0 Å². The van der Waals surface area contributed by atoms with Gasteiger partial charge in [-0.3, -0.25) is 9.25 Å². The molecule has 0 aromatic carbocycles. The molecule has 0 bridgehead atoms. The van der Waals surface area contributed by atoms with Crippen LogP contribution in [0, 0.1) is 12.8 Å². The van der Waals surface area contributed by atoms with E-state index in [2.05, 4.69) is 21.6 Å². The standard InChI is InChI=1S/C13H21N5O/c1-8-11-12(17(3)16-8)18(13(14)15-11)9(2)10-4-6-19-7-5-10/h9-10H,4-7H2,1-3H3,(H2,14,15). The molecule has 0 radical (unpaired) electrons. The third-order valence-electron chi connectivity index (χ3n) is 4.22. The number of fused-ring (bicyclic) bond motifs is 1. The molecule has 2 aromatic rings. The lowest BCUT2D eigenvalue weighted by Crippen LogP contribution is -2.25. The molecule has 1 unspecified atom stereocenters. The van der Waals surface area contributed by atoms with Gasteiger partial charge >= 0.3 is 0 Å². The lowest BCUT2D eigenvalue weighted by Gasteiger charge is -2.29. The van der Waals surface area contributed by atoms with Gasteiger partial charge in [-0.05, 0) is 32.6 Å². The van der Waals surface area contributed by atoms with Gasteiger partial charge in [-0.15, -0.1) is 0 Å². The highest BCUT2D eigenvalue weighted by Crippen LogP contribution is 2.32. The first-order valence-corrected chi connectivity index (χ1v) is 6.84. The number of aryl methyl sites for hydroxylation is 2. The van der Waals surface area contributed by atoms with Gasteiger partial charge in [-0.25, -0.2) is 4.98 Å². The Morgan fingerprint density at radius 2 is 2.05 bits per heavy atom. The zero-order valence-electron chi connectivity index (χ0n) is 11.8. The Kier molecular flexibility index (Phi) is 2.97. The third-order valence-corrected chi connectivity index (χ3v) is 4.22. The summed E-state index contributed by atoms with van der Waals surface area (Å²) in [6.07, 6.45) is 2.16. The Bertz CT molecular complexity index is 594. The number of nitrogens with two attached hydrogens (primary N) is 1. The van der Waals surface area contributed by atoms with E-state index in [1.165, 1.54) is 0 Å². The number of nitrogen functional groups attached to an aromatic ring is 1. The number of anilines is 1. The maximum Gasteiger partial charge on any atom is 0.202 e. The van der Waals surface area contributed by atoms with Crippen LogP contribution in [0.2, 0.25) is 0 Å². The fourth-order valence-electron chi connectivity index (χ4n) is 3.12. The maximum absolute atomic E-state index is 6.12. The van der Waals surface area contributed by atoms with Gasteiger partial charge in [0, 0.05) is 26.3 Å². The Hall–Kier alpha value is -1.56. The van der Waals surface area contributed by atoms with E-state index in [4.69, 9.17) is 10.5 Å². The molecule has 6 heteroatoms. The summed E-state index contributed by atoms with van der Waals surface area (Å²) in [7, 11) is 1.95. The van der Waals surface area contributed by atoms with Crippen LogP contribution in [0.3, 0.4) is 0 Å². The summed E-state index contributed by atoms with van der Waals surface area (Å²) in [5.41, 5.74) is 8.99. The van der Waals surface area contributed by atoms with E-state index >= 15 is 0 Å². The zero-order valence-corrected chi connectivity index (χ0v) is 11.8. The molecule has 1 fully saturated rings. The van der Waals surface area contributed by atoms with Crippen molar-refractivity contribution >= 4 is 17.1 Å². The summed E-state index contributed by atoms with van der Waals surface area (Å²) in [5, 5.41) is 4.43. The summed E-state index contributed by atoms with van der Waals surface area (Å²) < 4.78 is 9.45. The fraction of sp³-hybridized carbons (Fsp3) is 0.692. The van der Waals surface area contributed by atoms with E-state index in [9.17, 15) is 0 Å². The van der Waals surface area contributed by atoms with Gasteiger partial charge in [-0.2, -0.15) is 5.10 Å². The van der Waals surface area contributed by atoms with Crippen molar-refractivity contribution in [2.45, 2.75) is 32.7 Å². The van der Waals surface area contributed by atoms with Gasteiger partial charge in [0.2, 0.25) is 5.95 Å². The molecule has 19 heavy (non-hydrogen) atoms. The average molecular weight is 263 g/mol. The van der Waals surface area contributed by atoms with Crippen molar-refractivity contribution in [2.75, 3.05) is 18.9 Å². The number of aromatic nitrogens is 4. The predicted molar refractivity (Wildman–Crippen MR) is 73.9 cm³/mol. The van der Waals surface area contributed by atoms with Crippen LogP contribution in [0.25, 0.3) is 11.2 Å². The van der Waals surface area contributed by atoms with Gasteiger partial charge in [0.05, 0.1) is 5.69 Å². The molecule has 3 rings (SSSR count). The number of rotatable bonds is 2. The first-order chi connectivity index (χ1) is 9.09. The van der Waals surface area contributed by atoms with Crippen LogP contribution in [0.4, 0.5) is 5.95 Å². The minimum atomic E-state index is 0.323. The van der Waals surface area contributed by atoms with Crippen LogP contribution < -0.4 is 5.73 Å². The maximum atomic E-state index is 6.12. The third kappa shape index (κ3) is 1.90. The van der Waals surface area contributed by atoms with Crippen molar-refractivity contribution < 1.29 is 4.74 Å². The molecular formula is C13H21N5O. The van der Waals surface area contributed by atoms with Gasteiger partial charge < -0.3 is 10.5 Å². The summed E-state index contributed by atoms with van der Waals surface area (Å²) in [4.78, 5) is 4.48. The summed E-state index contributed by atoms with van der Waals surface area (Å²) >= 11 is 0. The second-order valence-electron chi connectivity index (χ2n) is 5.41. The molecule has 1 aliphatic rings. The Morgan fingerprint density at radius 1 is 1.37 bits per heavy atom. The van der Waals surface area contributed by atoms with Crippen LogP contribution in [0.1, 0.15) is 31.5 Å². The summed E-state index contributed by atoms with van der Waals surface area (Å²) in [6, 6.07) is 0.323. The average Bonchev–Trinajstić information content (AvgIpc) is 2.88.